The molecule has 0 unspecified atom stereocenters. The fraction of sp³-hybridized carbons (Fsp3) is 0.306. The number of pyridine rings is 1. The zero-order valence-corrected chi connectivity index (χ0v) is 24.3. The third-order valence-electron chi connectivity index (χ3n) is 8.69. The van der Waals surface area contributed by atoms with Gasteiger partial charge in [0.1, 0.15) is 0 Å². The van der Waals surface area contributed by atoms with Crippen molar-refractivity contribution in [2.75, 3.05) is 39.3 Å². The second-order valence-corrected chi connectivity index (χ2v) is 11.3. The summed E-state index contributed by atoms with van der Waals surface area (Å²) in [4.78, 5) is 38.2. The summed E-state index contributed by atoms with van der Waals surface area (Å²) >= 11 is 0. The number of rotatable bonds is 6. The van der Waals surface area contributed by atoms with Gasteiger partial charge in [0.15, 0.2) is 0 Å². The number of amides is 2. The Labute approximate surface area is 248 Å². The van der Waals surface area contributed by atoms with Crippen molar-refractivity contribution < 1.29 is 9.59 Å². The van der Waals surface area contributed by atoms with E-state index >= 15 is 0 Å². The van der Waals surface area contributed by atoms with E-state index in [0.29, 0.717) is 24.7 Å². The summed E-state index contributed by atoms with van der Waals surface area (Å²) in [5.74, 6) is 0.189. The van der Waals surface area contributed by atoms with Crippen LogP contribution in [-0.2, 0) is 6.42 Å². The van der Waals surface area contributed by atoms with Crippen LogP contribution in [0.5, 0.6) is 0 Å². The van der Waals surface area contributed by atoms with Gasteiger partial charge < -0.3 is 9.80 Å². The van der Waals surface area contributed by atoms with Crippen molar-refractivity contribution in [3.63, 3.8) is 0 Å². The van der Waals surface area contributed by atoms with Gasteiger partial charge in [-0.3, -0.25) is 14.5 Å². The van der Waals surface area contributed by atoms with Crippen LogP contribution >= 0.6 is 0 Å². The number of aromatic nitrogens is 1. The number of aryl methyl sites for hydroxylation is 1. The summed E-state index contributed by atoms with van der Waals surface area (Å²) in [5.41, 5.74) is 6.31. The SMILES string of the molecule is CCc1ccc(C(=O)N2CCC(N3CCN(C(=O)c4cc(-c5ccccc5)nc(-c5ccccc5)c4)CC3)CC2)cc1. The Hall–Kier alpha value is -4.29. The van der Waals surface area contributed by atoms with Gasteiger partial charge in [-0.05, 0) is 49.1 Å². The molecule has 0 bridgehead atoms. The Kier molecular flexibility index (Phi) is 8.42. The van der Waals surface area contributed by atoms with Crippen LogP contribution in [0.2, 0.25) is 0 Å². The molecule has 0 aliphatic carbocycles. The lowest BCUT2D eigenvalue weighted by atomic mass is 10.0. The highest BCUT2D eigenvalue weighted by Gasteiger charge is 2.31. The average molecular weight is 559 g/mol. The Morgan fingerprint density at radius 3 is 1.67 bits per heavy atom. The molecule has 0 atom stereocenters. The smallest absolute Gasteiger partial charge is 0.254 e. The first-order valence-corrected chi connectivity index (χ1v) is 15.1. The molecule has 2 fully saturated rings. The lowest BCUT2D eigenvalue weighted by molar-refractivity contribution is 0.0412. The Bertz CT molecular complexity index is 1450. The van der Waals surface area contributed by atoms with E-state index in [9.17, 15) is 9.59 Å². The monoisotopic (exact) mass is 558 g/mol. The molecule has 0 saturated carbocycles. The Balaban J connectivity index is 1.09. The maximum atomic E-state index is 13.8. The molecule has 3 aromatic carbocycles. The first-order valence-electron chi connectivity index (χ1n) is 15.1. The predicted octanol–water partition coefficient (Wildman–Crippen LogP) is 6.04. The van der Waals surface area contributed by atoms with E-state index in [2.05, 4.69) is 24.0 Å². The molecular weight excluding hydrogens is 520 g/mol. The minimum absolute atomic E-state index is 0.0564. The summed E-state index contributed by atoms with van der Waals surface area (Å²) in [6.45, 7) is 6.78. The fourth-order valence-electron chi connectivity index (χ4n) is 6.14. The maximum absolute atomic E-state index is 13.8. The van der Waals surface area contributed by atoms with Gasteiger partial charge in [0.25, 0.3) is 11.8 Å². The van der Waals surface area contributed by atoms with Crippen LogP contribution in [0.25, 0.3) is 22.5 Å². The van der Waals surface area contributed by atoms with E-state index in [4.69, 9.17) is 4.98 Å². The second-order valence-electron chi connectivity index (χ2n) is 11.3. The quantitative estimate of drug-likeness (QED) is 0.290. The summed E-state index contributed by atoms with van der Waals surface area (Å²) in [7, 11) is 0. The predicted molar refractivity (Wildman–Crippen MR) is 167 cm³/mol. The molecule has 42 heavy (non-hydrogen) atoms. The lowest BCUT2D eigenvalue weighted by Gasteiger charge is -2.42. The Morgan fingerprint density at radius 1 is 0.643 bits per heavy atom. The minimum atomic E-state index is 0.0564. The van der Waals surface area contributed by atoms with Crippen LogP contribution in [0.15, 0.2) is 97.1 Å². The van der Waals surface area contributed by atoms with Gasteiger partial charge in [0, 0.05) is 67.6 Å². The highest BCUT2D eigenvalue weighted by molar-refractivity contribution is 5.96. The zero-order chi connectivity index (χ0) is 28.9. The first-order chi connectivity index (χ1) is 20.6. The molecule has 6 rings (SSSR count). The molecule has 3 heterocycles. The number of hydrogen-bond donors (Lipinski definition) is 0. The van der Waals surface area contributed by atoms with Crippen LogP contribution in [0.1, 0.15) is 46.0 Å². The molecular formula is C36H38N4O2. The lowest BCUT2D eigenvalue weighted by Crippen LogP contribution is -2.54. The first kappa shape index (κ1) is 27.9. The van der Waals surface area contributed by atoms with Crippen LogP contribution < -0.4 is 0 Å². The molecule has 0 N–H and O–H groups in total. The minimum Gasteiger partial charge on any atom is -0.339 e. The molecule has 6 nitrogen and oxygen atoms in total. The topological polar surface area (TPSA) is 56.8 Å². The molecule has 214 valence electrons. The van der Waals surface area contributed by atoms with E-state index in [1.165, 1.54) is 5.56 Å². The van der Waals surface area contributed by atoms with Gasteiger partial charge in [-0.15, -0.1) is 0 Å². The van der Waals surface area contributed by atoms with Crippen molar-refractivity contribution in [2.24, 2.45) is 0 Å². The van der Waals surface area contributed by atoms with Gasteiger partial charge in [0.05, 0.1) is 11.4 Å². The number of carbonyl (C=O) groups excluding carboxylic acids is 2. The summed E-state index contributed by atoms with van der Waals surface area (Å²) < 4.78 is 0. The zero-order valence-electron chi connectivity index (χ0n) is 24.3. The van der Waals surface area contributed by atoms with Crippen LogP contribution in [0.3, 0.4) is 0 Å². The van der Waals surface area contributed by atoms with Crippen LogP contribution in [0.4, 0.5) is 0 Å². The summed E-state index contributed by atoms with van der Waals surface area (Å²) in [6, 6.07) is 32.4. The summed E-state index contributed by atoms with van der Waals surface area (Å²) in [6.07, 6.45) is 2.92. The number of nitrogens with zero attached hydrogens (tertiary/aromatic N) is 4. The van der Waals surface area contributed by atoms with E-state index < -0.39 is 0 Å². The molecule has 1 aromatic heterocycles. The van der Waals surface area contributed by atoms with Gasteiger partial charge in [0.2, 0.25) is 0 Å². The van der Waals surface area contributed by atoms with Crippen molar-refractivity contribution >= 4 is 11.8 Å². The molecule has 4 aromatic rings. The number of piperazine rings is 1. The molecule has 0 radical (unpaired) electrons. The van der Waals surface area contributed by atoms with Crippen molar-refractivity contribution in [3.05, 3.63) is 114 Å². The molecule has 2 saturated heterocycles. The van der Waals surface area contributed by atoms with Crippen molar-refractivity contribution in [1.82, 2.24) is 19.7 Å². The van der Waals surface area contributed by atoms with E-state index in [1.807, 2.05) is 94.7 Å². The maximum Gasteiger partial charge on any atom is 0.254 e. The number of benzene rings is 3. The largest absolute Gasteiger partial charge is 0.339 e. The molecule has 2 aliphatic heterocycles. The third-order valence-corrected chi connectivity index (χ3v) is 8.69. The van der Waals surface area contributed by atoms with E-state index in [0.717, 1.165) is 73.5 Å². The number of carbonyl (C=O) groups is 2. The van der Waals surface area contributed by atoms with Gasteiger partial charge in [-0.2, -0.15) is 0 Å². The van der Waals surface area contributed by atoms with Crippen molar-refractivity contribution in [2.45, 2.75) is 32.2 Å². The van der Waals surface area contributed by atoms with Crippen LogP contribution in [-0.4, -0.2) is 76.8 Å². The van der Waals surface area contributed by atoms with Gasteiger partial charge in [-0.25, -0.2) is 4.98 Å². The van der Waals surface area contributed by atoms with E-state index in [1.54, 1.807) is 0 Å². The van der Waals surface area contributed by atoms with Crippen molar-refractivity contribution in [3.8, 4) is 22.5 Å². The third kappa shape index (κ3) is 6.14. The van der Waals surface area contributed by atoms with Gasteiger partial charge >= 0.3 is 0 Å². The molecule has 0 spiro atoms. The van der Waals surface area contributed by atoms with Crippen molar-refractivity contribution in [1.29, 1.82) is 0 Å². The van der Waals surface area contributed by atoms with E-state index in [-0.39, 0.29) is 11.8 Å². The molecule has 6 heteroatoms. The van der Waals surface area contributed by atoms with Gasteiger partial charge in [-0.1, -0.05) is 79.7 Å². The summed E-state index contributed by atoms with van der Waals surface area (Å²) in [5, 5.41) is 0. The molecule has 2 amide bonds. The number of likely N-dealkylation sites (tertiary alicyclic amines) is 1. The standard InChI is InChI=1S/C36H38N4O2/c1-2-27-13-15-30(16-14-27)35(41)39-19-17-32(18-20-39)38-21-23-40(24-22-38)36(42)31-25-33(28-9-5-3-6-10-28)37-34(26-31)29-11-7-4-8-12-29/h3-16,25-26,32H,2,17-24H2,1H3. The highest BCUT2D eigenvalue weighted by atomic mass is 16.2. The Morgan fingerprint density at radius 2 is 1.14 bits per heavy atom. The fourth-order valence-corrected chi connectivity index (χ4v) is 6.14. The molecule has 2 aliphatic rings. The highest BCUT2D eigenvalue weighted by Crippen LogP contribution is 2.26. The second kappa shape index (κ2) is 12.7. The van der Waals surface area contributed by atoms with Crippen LogP contribution in [0, 0.1) is 0 Å². The normalized spacial score (nSPS) is 16.4. The average Bonchev–Trinajstić information content (AvgIpc) is 3.08. The number of hydrogen-bond acceptors (Lipinski definition) is 4. The number of piperidine rings is 1.